The van der Waals surface area contributed by atoms with E-state index in [0.29, 0.717) is 38.5 Å². The smallest absolute Gasteiger partial charge is 0.251 e. The summed E-state index contributed by atoms with van der Waals surface area (Å²) in [7, 11) is 0. The summed E-state index contributed by atoms with van der Waals surface area (Å²) in [6.07, 6.45) is 5.63. The molecule has 0 radical (unpaired) electrons. The summed E-state index contributed by atoms with van der Waals surface area (Å²) in [4.78, 5) is 33.1. The quantitative estimate of drug-likeness (QED) is 0.233. The molecule has 0 N–H and O–H groups in total. The van der Waals surface area contributed by atoms with Crippen LogP contribution in [0, 0.1) is 6.92 Å². The molecule has 0 spiro atoms. The Balaban J connectivity index is 1.09. The summed E-state index contributed by atoms with van der Waals surface area (Å²) in [6.45, 7) is 13.4. The zero-order valence-corrected chi connectivity index (χ0v) is 27.7. The Morgan fingerprint density at radius 3 is 2.55 bits per heavy atom. The van der Waals surface area contributed by atoms with Crippen LogP contribution in [0.1, 0.15) is 74.9 Å². The summed E-state index contributed by atoms with van der Waals surface area (Å²) in [5.41, 5.74) is 6.02. The Kier molecular flexibility index (Phi) is 8.66. The Morgan fingerprint density at radius 1 is 1.11 bits per heavy atom. The fraction of sp³-hybridized carbons (Fsp3) is 0.471. The maximum Gasteiger partial charge on any atom is 0.251 e. The van der Waals surface area contributed by atoms with E-state index in [-0.39, 0.29) is 29.9 Å². The molecular weight excluding hydrogens is 620 g/mol. The van der Waals surface area contributed by atoms with Gasteiger partial charge in [0.2, 0.25) is 5.91 Å². The lowest BCUT2D eigenvalue weighted by molar-refractivity contribution is -0.135. The molecule has 2 aliphatic heterocycles. The number of amides is 2. The van der Waals surface area contributed by atoms with E-state index in [9.17, 15) is 9.59 Å². The van der Waals surface area contributed by atoms with Gasteiger partial charge in [-0.3, -0.25) is 14.5 Å². The van der Waals surface area contributed by atoms with Crippen LogP contribution in [0.2, 0.25) is 0 Å². The number of aromatic nitrogens is 3. The molecule has 44 heavy (non-hydrogen) atoms. The van der Waals surface area contributed by atoms with Crippen LogP contribution in [0.4, 0.5) is 5.69 Å². The van der Waals surface area contributed by atoms with Gasteiger partial charge in [0.1, 0.15) is 11.6 Å². The first-order valence-corrected chi connectivity index (χ1v) is 16.4. The number of furan rings is 1. The molecule has 232 valence electrons. The number of piperidine rings is 1. The lowest BCUT2D eigenvalue weighted by atomic mass is 9.95. The molecule has 9 nitrogen and oxygen atoms in total. The van der Waals surface area contributed by atoms with Crippen molar-refractivity contribution in [3.63, 3.8) is 0 Å². The van der Waals surface area contributed by atoms with Gasteiger partial charge in [-0.25, -0.2) is 4.68 Å². The number of anilines is 1. The third-order valence-electron chi connectivity index (χ3n) is 9.23. The zero-order chi connectivity index (χ0) is 31.1. The van der Waals surface area contributed by atoms with Crippen LogP contribution in [0.25, 0.3) is 11.0 Å². The predicted molar refractivity (Wildman–Crippen MR) is 175 cm³/mol. The number of fused-ring (bicyclic) bond motifs is 1. The monoisotopic (exact) mass is 660 g/mol. The van der Waals surface area contributed by atoms with Gasteiger partial charge in [-0.15, -0.1) is 5.10 Å². The van der Waals surface area contributed by atoms with E-state index < -0.39 is 0 Å². The number of benzene rings is 2. The van der Waals surface area contributed by atoms with Crippen LogP contribution in [0.3, 0.4) is 0 Å². The number of halogens is 1. The van der Waals surface area contributed by atoms with E-state index >= 15 is 0 Å². The van der Waals surface area contributed by atoms with Gasteiger partial charge in [0.15, 0.2) is 0 Å². The highest BCUT2D eigenvalue weighted by atomic mass is 79.9. The van der Waals surface area contributed by atoms with Crippen LogP contribution in [-0.2, 0) is 22.6 Å². The molecule has 0 aliphatic carbocycles. The highest BCUT2D eigenvalue weighted by molar-refractivity contribution is 9.10. The molecule has 4 aromatic rings. The average Bonchev–Trinajstić information content (AvgIpc) is 3.61. The number of piperazine rings is 1. The number of carbonyl (C=O) groups excluding carboxylic acids is 2. The third kappa shape index (κ3) is 6.06. The van der Waals surface area contributed by atoms with Crippen LogP contribution in [-0.4, -0.2) is 68.3 Å². The summed E-state index contributed by atoms with van der Waals surface area (Å²) < 4.78 is 8.56. The highest BCUT2D eigenvalue weighted by Gasteiger charge is 2.34. The van der Waals surface area contributed by atoms with Crippen molar-refractivity contribution in [2.75, 3.05) is 24.5 Å². The molecule has 1 unspecified atom stereocenters. The van der Waals surface area contributed by atoms with Gasteiger partial charge in [0.25, 0.3) is 5.91 Å². The van der Waals surface area contributed by atoms with Crippen LogP contribution in [0.15, 0.2) is 57.7 Å². The summed E-state index contributed by atoms with van der Waals surface area (Å²) in [5.74, 6) is 0.573. The molecule has 2 fully saturated rings. The molecule has 0 saturated carbocycles. The first kappa shape index (κ1) is 30.5. The Hall–Kier alpha value is -3.50. The lowest BCUT2D eigenvalue weighted by Gasteiger charge is -2.44. The number of hydrogen-bond acceptors (Lipinski definition) is 6. The highest BCUT2D eigenvalue weighted by Crippen LogP contribution is 2.31. The van der Waals surface area contributed by atoms with Gasteiger partial charge in [0, 0.05) is 59.4 Å². The van der Waals surface area contributed by atoms with E-state index in [2.05, 4.69) is 77.9 Å². The lowest BCUT2D eigenvalue weighted by Crippen LogP contribution is -2.57. The number of carbonyl (C=O) groups is 2. The van der Waals surface area contributed by atoms with E-state index in [1.165, 1.54) is 11.1 Å². The molecule has 2 saturated heterocycles. The molecule has 0 bridgehead atoms. The van der Waals surface area contributed by atoms with Crippen molar-refractivity contribution in [3.8, 4) is 0 Å². The second-order valence-corrected chi connectivity index (χ2v) is 13.7. The fourth-order valence-electron chi connectivity index (χ4n) is 6.85. The van der Waals surface area contributed by atoms with Gasteiger partial charge in [-0.2, -0.15) is 0 Å². The summed E-state index contributed by atoms with van der Waals surface area (Å²) in [5, 5.41) is 9.89. The Bertz CT molecular complexity index is 1650. The molecule has 6 rings (SSSR count). The molecule has 2 aromatic carbocycles. The summed E-state index contributed by atoms with van der Waals surface area (Å²) >= 11 is 3.47. The molecule has 4 heterocycles. The summed E-state index contributed by atoms with van der Waals surface area (Å²) in [6, 6.07) is 12.0. The van der Waals surface area contributed by atoms with Crippen LogP contribution < -0.4 is 4.90 Å². The number of rotatable bonds is 7. The first-order valence-electron chi connectivity index (χ1n) is 15.6. The van der Waals surface area contributed by atoms with E-state index in [0.717, 1.165) is 45.2 Å². The minimum absolute atomic E-state index is 0.0462. The Labute approximate surface area is 267 Å². The molecule has 3 atom stereocenters. The van der Waals surface area contributed by atoms with Crippen molar-refractivity contribution in [1.29, 1.82) is 0 Å². The van der Waals surface area contributed by atoms with Gasteiger partial charge >= 0.3 is 0 Å². The molecule has 2 aliphatic rings. The van der Waals surface area contributed by atoms with E-state index in [1.807, 2.05) is 40.3 Å². The zero-order valence-electron chi connectivity index (χ0n) is 26.2. The van der Waals surface area contributed by atoms with Crippen molar-refractivity contribution in [2.45, 2.75) is 84.5 Å². The predicted octanol–water partition coefficient (Wildman–Crippen LogP) is 6.25. The van der Waals surface area contributed by atoms with Gasteiger partial charge in [-0.1, -0.05) is 35.0 Å². The second kappa shape index (κ2) is 12.5. The largest absolute Gasteiger partial charge is 0.464 e. The molecule has 2 aromatic heterocycles. The van der Waals surface area contributed by atoms with E-state index in [4.69, 9.17) is 4.42 Å². The molecule has 2 amide bonds. The molecule has 10 heteroatoms. The van der Waals surface area contributed by atoms with Crippen molar-refractivity contribution in [2.24, 2.45) is 0 Å². The minimum atomic E-state index is -0.363. The van der Waals surface area contributed by atoms with Gasteiger partial charge in [-0.05, 0) is 87.1 Å². The van der Waals surface area contributed by atoms with Crippen LogP contribution >= 0.6 is 15.9 Å². The first-order chi connectivity index (χ1) is 21.1. The molecular formula is C34H41BrN6O3. The number of nitrogens with zero attached hydrogens (tertiary/aromatic N) is 6. The maximum absolute atomic E-state index is 13.5. The van der Waals surface area contributed by atoms with Crippen molar-refractivity contribution in [3.05, 3.63) is 75.7 Å². The van der Waals surface area contributed by atoms with Gasteiger partial charge < -0.3 is 14.2 Å². The van der Waals surface area contributed by atoms with E-state index in [1.54, 1.807) is 10.9 Å². The van der Waals surface area contributed by atoms with Crippen molar-refractivity contribution >= 4 is 44.4 Å². The van der Waals surface area contributed by atoms with Crippen molar-refractivity contribution < 1.29 is 14.0 Å². The SMILES string of the molecule is Cc1cc2occ(CC(=O)N3C[C@@H](C)N(Cc4cn(C5CCCN(c6ccc(Br)cc6)C5=O)nn4)[C@@H](C)C3)c2cc1C(C)C. The topological polar surface area (TPSA) is 87.7 Å². The average molecular weight is 662 g/mol. The number of hydrogen-bond donors (Lipinski definition) is 0. The van der Waals surface area contributed by atoms with Crippen LogP contribution in [0.5, 0.6) is 0 Å². The van der Waals surface area contributed by atoms with Gasteiger partial charge in [0.05, 0.1) is 24.6 Å². The minimum Gasteiger partial charge on any atom is -0.464 e. The second-order valence-electron chi connectivity index (χ2n) is 12.8. The standard InChI is InChI=1S/C34H41BrN6O3/c1-21(2)29-15-30-25(20-44-32(30)13-22(29)3)14-33(42)38-16-23(4)40(24(5)17-38)18-27-19-41(37-36-27)31-7-6-12-39(34(31)43)28-10-8-26(35)9-11-28/h8-11,13,15,19-21,23-24,31H,6-7,12,14,16-18H2,1-5H3/t23-,24+,31?. The normalized spacial score (nSPS) is 21.5. The van der Waals surface area contributed by atoms with Crippen molar-refractivity contribution in [1.82, 2.24) is 24.8 Å². The maximum atomic E-state index is 13.5. The number of aryl methyl sites for hydroxylation is 1. The third-order valence-corrected chi connectivity index (χ3v) is 9.76. The Morgan fingerprint density at radius 2 is 1.84 bits per heavy atom. The fourth-order valence-corrected chi connectivity index (χ4v) is 7.12.